The number of ether oxygens (including phenoxy) is 1. The number of alkyl halides is 4. The summed E-state index contributed by atoms with van der Waals surface area (Å²) in [6.45, 7) is 4.24. The molecule has 0 saturated heterocycles. The van der Waals surface area contributed by atoms with Crippen LogP contribution in [0, 0.1) is 0 Å². The van der Waals surface area contributed by atoms with Crippen LogP contribution >= 0.6 is 39.1 Å². The quantitative estimate of drug-likeness (QED) is 0.302. The van der Waals surface area contributed by atoms with Gasteiger partial charge in [0.15, 0.2) is 0 Å². The minimum absolute atomic E-state index is 0.00732. The lowest BCUT2D eigenvalue weighted by atomic mass is 9.95. The average Bonchev–Trinajstić information content (AvgIpc) is 3.36. The van der Waals surface area contributed by atoms with Crippen molar-refractivity contribution in [3.63, 3.8) is 0 Å². The van der Waals surface area contributed by atoms with Gasteiger partial charge >= 0.3 is 5.57 Å². The fraction of sp³-hybridized carbons (Fsp3) is 0.462. The lowest BCUT2D eigenvalue weighted by Crippen LogP contribution is -2.50. The molecule has 0 aromatic heterocycles. The maximum atomic E-state index is 13.1. The molecular formula is C26H28BrCl2F2N3O3. The second-order valence-electron chi connectivity index (χ2n) is 9.56. The molecule has 200 valence electrons. The van der Waals surface area contributed by atoms with Crippen LogP contribution in [0.4, 0.5) is 20.2 Å². The third-order valence-electron chi connectivity index (χ3n) is 6.73. The molecule has 2 N–H and O–H groups in total. The lowest BCUT2D eigenvalue weighted by molar-refractivity contribution is -0.121. The summed E-state index contributed by atoms with van der Waals surface area (Å²) in [6, 6.07) is 9.51. The number of nitrogens with zero attached hydrogens (tertiary/aromatic N) is 1. The molecule has 2 amide bonds. The van der Waals surface area contributed by atoms with Crippen LogP contribution in [0.2, 0.25) is 0 Å². The standard InChI is InChI=1S/C26H28BrCl2F2N3O3/c1-14(2)34-23-19(18-9-10-21(24(18)34)33-22(35)4-3-11-28)12-15(13-20(23)27)25(36)32-16-5-7-17(8-6-16)37-26(29,30)31/h5-8,12-14,18,21,24H,3-4,9-11H2,1-2H3,(H,32,36)(H,33,35). The van der Waals surface area contributed by atoms with Gasteiger partial charge in [-0.05, 0) is 91.0 Å². The Morgan fingerprint density at radius 1 is 1.22 bits per heavy atom. The van der Waals surface area contributed by atoms with Crippen LogP contribution in [-0.4, -0.2) is 41.4 Å². The Morgan fingerprint density at radius 3 is 2.54 bits per heavy atom. The molecule has 1 heterocycles. The van der Waals surface area contributed by atoms with E-state index >= 15 is 0 Å². The van der Waals surface area contributed by atoms with Crippen molar-refractivity contribution in [3.8, 4) is 5.75 Å². The third-order valence-corrected chi connectivity index (χ3v) is 7.68. The van der Waals surface area contributed by atoms with Crippen molar-refractivity contribution in [1.29, 1.82) is 0 Å². The minimum Gasteiger partial charge on any atom is -0.420 e. The van der Waals surface area contributed by atoms with E-state index in [4.69, 9.17) is 23.2 Å². The molecule has 3 atom stereocenters. The van der Waals surface area contributed by atoms with Gasteiger partial charge in [-0.25, -0.2) is 0 Å². The zero-order valence-electron chi connectivity index (χ0n) is 20.4. The molecule has 6 nitrogen and oxygen atoms in total. The zero-order chi connectivity index (χ0) is 26.9. The molecule has 1 fully saturated rings. The maximum absolute atomic E-state index is 13.1. The molecule has 2 aromatic rings. The first-order valence-electron chi connectivity index (χ1n) is 12.1. The summed E-state index contributed by atoms with van der Waals surface area (Å²) in [5.41, 5.74) is -0.796. The molecule has 2 aliphatic rings. The predicted molar refractivity (Wildman–Crippen MR) is 145 cm³/mol. The topological polar surface area (TPSA) is 70.7 Å². The number of hydrogen-bond donors (Lipinski definition) is 2. The molecular weight excluding hydrogens is 591 g/mol. The summed E-state index contributed by atoms with van der Waals surface area (Å²) in [4.78, 5) is 27.9. The second-order valence-corrected chi connectivity index (χ2v) is 11.2. The summed E-state index contributed by atoms with van der Waals surface area (Å²) in [5, 5.41) is 6.01. The molecule has 1 saturated carbocycles. The van der Waals surface area contributed by atoms with E-state index in [-0.39, 0.29) is 41.6 Å². The van der Waals surface area contributed by atoms with Crippen molar-refractivity contribution >= 4 is 62.3 Å². The van der Waals surface area contributed by atoms with Gasteiger partial charge in [-0.1, -0.05) is 0 Å². The number of halogens is 5. The SMILES string of the molecule is CC(C)N1c2c(Br)cc(C(=O)Nc3ccc(OC(F)(F)Cl)cc3)cc2C2CCC(NC(=O)CCCCl)C21. The van der Waals surface area contributed by atoms with Crippen molar-refractivity contribution in [2.75, 3.05) is 16.1 Å². The number of anilines is 2. The summed E-state index contributed by atoms with van der Waals surface area (Å²) < 4.78 is 30.8. The molecule has 1 aliphatic heterocycles. The Bertz CT molecular complexity index is 1160. The van der Waals surface area contributed by atoms with Gasteiger partial charge in [0.05, 0.1) is 11.7 Å². The Balaban J connectivity index is 1.55. The van der Waals surface area contributed by atoms with Gasteiger partial charge in [-0.2, -0.15) is 0 Å². The summed E-state index contributed by atoms with van der Waals surface area (Å²) in [6.07, 6.45) is 2.79. The largest absolute Gasteiger partial charge is 0.487 e. The van der Waals surface area contributed by atoms with Gasteiger partial charge in [0, 0.05) is 57.6 Å². The Hall–Kier alpha value is -2.10. The van der Waals surface area contributed by atoms with Crippen LogP contribution in [-0.2, 0) is 4.79 Å². The van der Waals surface area contributed by atoms with Crippen molar-refractivity contribution in [2.24, 2.45) is 0 Å². The van der Waals surface area contributed by atoms with Crippen LogP contribution in [0.1, 0.15) is 61.4 Å². The molecule has 37 heavy (non-hydrogen) atoms. The van der Waals surface area contributed by atoms with Crippen molar-refractivity contribution in [3.05, 3.63) is 52.0 Å². The average molecular weight is 619 g/mol. The van der Waals surface area contributed by atoms with E-state index in [9.17, 15) is 18.4 Å². The molecule has 2 aromatic carbocycles. The summed E-state index contributed by atoms with van der Waals surface area (Å²) >= 11 is 14.2. The van der Waals surface area contributed by atoms with Crippen LogP contribution in [0.25, 0.3) is 0 Å². The molecule has 0 bridgehead atoms. The van der Waals surface area contributed by atoms with Crippen molar-refractivity contribution < 1.29 is 23.1 Å². The molecule has 4 rings (SSSR count). The van der Waals surface area contributed by atoms with Gasteiger partial charge in [-0.3, -0.25) is 9.59 Å². The molecule has 0 spiro atoms. The molecule has 11 heteroatoms. The highest BCUT2D eigenvalue weighted by molar-refractivity contribution is 9.10. The van der Waals surface area contributed by atoms with E-state index in [0.29, 0.717) is 30.0 Å². The van der Waals surface area contributed by atoms with E-state index < -0.39 is 5.57 Å². The zero-order valence-corrected chi connectivity index (χ0v) is 23.5. The van der Waals surface area contributed by atoms with E-state index in [2.05, 4.69) is 50.0 Å². The number of hydrogen-bond acceptors (Lipinski definition) is 4. The fourth-order valence-corrected chi connectivity index (χ4v) is 6.28. The highest BCUT2D eigenvalue weighted by Crippen LogP contribution is 2.53. The fourth-order valence-electron chi connectivity index (χ4n) is 5.37. The van der Waals surface area contributed by atoms with Crippen molar-refractivity contribution in [1.82, 2.24) is 5.32 Å². The minimum atomic E-state index is -3.81. The van der Waals surface area contributed by atoms with Gasteiger partial charge in [0.25, 0.3) is 5.91 Å². The van der Waals surface area contributed by atoms with Gasteiger partial charge in [0.2, 0.25) is 5.91 Å². The Kier molecular flexibility index (Phi) is 8.55. The number of benzene rings is 2. The first-order chi connectivity index (χ1) is 17.5. The smallest absolute Gasteiger partial charge is 0.420 e. The Labute approximate surface area is 233 Å². The van der Waals surface area contributed by atoms with Crippen LogP contribution < -0.4 is 20.3 Å². The number of nitrogens with one attached hydrogen (secondary N) is 2. The first-order valence-corrected chi connectivity index (χ1v) is 13.8. The second kappa shape index (κ2) is 11.3. The highest BCUT2D eigenvalue weighted by Gasteiger charge is 2.49. The van der Waals surface area contributed by atoms with Gasteiger partial charge in [-0.15, -0.1) is 20.4 Å². The van der Waals surface area contributed by atoms with E-state index in [1.165, 1.54) is 24.3 Å². The third kappa shape index (κ3) is 6.32. The molecule has 3 unspecified atom stereocenters. The number of amides is 2. The molecule has 1 aliphatic carbocycles. The summed E-state index contributed by atoms with van der Waals surface area (Å²) in [7, 11) is 0. The molecule has 0 radical (unpaired) electrons. The van der Waals surface area contributed by atoms with Gasteiger partial charge in [0.1, 0.15) is 5.75 Å². The van der Waals surface area contributed by atoms with Gasteiger partial charge < -0.3 is 20.3 Å². The number of fused-ring (bicyclic) bond motifs is 3. The number of rotatable bonds is 9. The maximum Gasteiger partial charge on any atom is 0.487 e. The first kappa shape index (κ1) is 27.9. The summed E-state index contributed by atoms with van der Waals surface area (Å²) in [5.74, 6) is 0.184. The van der Waals surface area contributed by atoms with Crippen LogP contribution in [0.15, 0.2) is 40.9 Å². The van der Waals surface area contributed by atoms with E-state index in [1.807, 2.05) is 6.07 Å². The predicted octanol–water partition coefficient (Wildman–Crippen LogP) is 6.85. The van der Waals surface area contributed by atoms with E-state index in [0.717, 1.165) is 28.6 Å². The number of carbonyl (C=O) groups is 2. The lowest BCUT2D eigenvalue weighted by Gasteiger charge is -2.35. The Morgan fingerprint density at radius 2 is 1.92 bits per heavy atom. The van der Waals surface area contributed by atoms with E-state index in [1.54, 1.807) is 6.07 Å². The monoisotopic (exact) mass is 617 g/mol. The van der Waals surface area contributed by atoms with Crippen LogP contribution in [0.5, 0.6) is 5.75 Å². The van der Waals surface area contributed by atoms with Crippen molar-refractivity contribution in [2.45, 2.75) is 69.1 Å². The normalized spacial score (nSPS) is 20.5. The highest BCUT2D eigenvalue weighted by atomic mass is 79.9. The van der Waals surface area contributed by atoms with Crippen LogP contribution in [0.3, 0.4) is 0 Å². The number of carbonyl (C=O) groups excluding carboxylic acids is 2.